The highest BCUT2D eigenvalue weighted by Gasteiger charge is 2.55. The Morgan fingerprint density at radius 2 is 1.78 bits per heavy atom. The number of carbonyl (C=O) groups is 1. The van der Waals surface area contributed by atoms with Crippen LogP contribution in [-0.2, 0) is 14.9 Å². The van der Waals surface area contributed by atoms with Gasteiger partial charge in [0.15, 0.2) is 6.10 Å². The van der Waals surface area contributed by atoms with E-state index in [0.717, 1.165) is 3.57 Å². The minimum Gasteiger partial charge on any atom is -0.451 e. The average Bonchev–Trinajstić information content (AvgIpc) is 2.37. The molecule has 0 aliphatic carbocycles. The Morgan fingerprint density at radius 1 is 1.26 bits per heavy atom. The maximum Gasteiger partial charge on any atom is 0.405 e. The SMILES string of the molecule is CC(C)C(OC(=O)c1cc(I)cc(I)c1I)C(F)(F)S(=O)(=O)O. The molecule has 5 nitrogen and oxygen atoms in total. The third-order valence-electron chi connectivity index (χ3n) is 2.73. The number of halogens is 5. The van der Waals surface area contributed by atoms with Crippen LogP contribution in [0.3, 0.4) is 0 Å². The van der Waals surface area contributed by atoms with Crippen LogP contribution >= 0.6 is 67.8 Å². The van der Waals surface area contributed by atoms with Crippen LogP contribution in [0.5, 0.6) is 0 Å². The van der Waals surface area contributed by atoms with E-state index in [1.165, 1.54) is 19.9 Å². The van der Waals surface area contributed by atoms with Gasteiger partial charge >= 0.3 is 21.3 Å². The largest absolute Gasteiger partial charge is 0.451 e. The van der Waals surface area contributed by atoms with Gasteiger partial charge < -0.3 is 4.74 Å². The van der Waals surface area contributed by atoms with E-state index in [4.69, 9.17) is 9.29 Å². The summed E-state index contributed by atoms with van der Waals surface area (Å²) >= 11 is 5.81. The van der Waals surface area contributed by atoms with E-state index in [1.54, 1.807) is 6.07 Å². The number of hydrogen-bond donors (Lipinski definition) is 1. The molecule has 0 aliphatic heterocycles. The summed E-state index contributed by atoms with van der Waals surface area (Å²) in [5.74, 6) is -2.11. The lowest BCUT2D eigenvalue weighted by Crippen LogP contribution is -2.46. The van der Waals surface area contributed by atoms with Crippen molar-refractivity contribution in [2.24, 2.45) is 5.92 Å². The van der Waals surface area contributed by atoms with Crippen LogP contribution < -0.4 is 0 Å². The van der Waals surface area contributed by atoms with Crippen LogP contribution in [-0.4, -0.2) is 30.3 Å². The lowest BCUT2D eigenvalue weighted by molar-refractivity contribution is -0.0821. The van der Waals surface area contributed by atoms with Crippen LogP contribution in [0.1, 0.15) is 24.2 Å². The molecule has 0 fully saturated rings. The molecule has 1 aromatic rings. The Balaban J connectivity index is 3.25. The highest BCUT2D eigenvalue weighted by Crippen LogP contribution is 2.33. The molecular formula is C12H11F2I3O5S. The third-order valence-corrected chi connectivity index (χ3v) is 7.32. The summed E-state index contributed by atoms with van der Waals surface area (Å²) in [6.45, 7) is 2.53. The van der Waals surface area contributed by atoms with Crippen molar-refractivity contribution >= 4 is 83.9 Å². The molecule has 0 aliphatic rings. The van der Waals surface area contributed by atoms with Gasteiger partial charge in [-0.15, -0.1) is 0 Å². The van der Waals surface area contributed by atoms with Gasteiger partial charge in [-0.2, -0.15) is 17.2 Å². The molecule has 11 heteroatoms. The van der Waals surface area contributed by atoms with Crippen molar-refractivity contribution in [3.05, 3.63) is 28.4 Å². The maximum absolute atomic E-state index is 13.9. The topological polar surface area (TPSA) is 80.7 Å². The summed E-state index contributed by atoms with van der Waals surface area (Å²) in [7, 11) is -5.72. The van der Waals surface area contributed by atoms with Crippen molar-refractivity contribution in [2.45, 2.75) is 25.2 Å². The zero-order valence-electron chi connectivity index (χ0n) is 11.7. The van der Waals surface area contributed by atoms with Crippen LogP contribution in [0.4, 0.5) is 8.78 Å². The summed E-state index contributed by atoms with van der Waals surface area (Å²) in [5, 5.41) is -4.60. The van der Waals surface area contributed by atoms with E-state index in [0.29, 0.717) is 7.14 Å². The molecule has 0 aromatic heterocycles. The summed E-state index contributed by atoms with van der Waals surface area (Å²) in [5.41, 5.74) is 0.0543. The number of carbonyl (C=O) groups excluding carboxylic acids is 1. The summed E-state index contributed by atoms with van der Waals surface area (Å²) < 4.78 is 64.9. The normalized spacial score (nSPS) is 14.0. The van der Waals surface area contributed by atoms with Crippen molar-refractivity contribution in [1.82, 2.24) is 0 Å². The molecule has 0 amide bonds. The van der Waals surface area contributed by atoms with Gasteiger partial charge in [-0.05, 0) is 85.8 Å². The van der Waals surface area contributed by atoms with Crippen LogP contribution in [0.2, 0.25) is 0 Å². The highest BCUT2D eigenvalue weighted by atomic mass is 127. The molecule has 23 heavy (non-hydrogen) atoms. The number of rotatable bonds is 5. The molecule has 0 bridgehead atoms. The van der Waals surface area contributed by atoms with Crippen molar-refractivity contribution in [3.63, 3.8) is 0 Å². The van der Waals surface area contributed by atoms with Gasteiger partial charge in [-0.1, -0.05) is 13.8 Å². The number of ether oxygens (including phenoxy) is 1. The van der Waals surface area contributed by atoms with Gasteiger partial charge in [0.25, 0.3) is 0 Å². The molecule has 0 heterocycles. The fraction of sp³-hybridized carbons (Fsp3) is 0.417. The molecule has 130 valence electrons. The molecule has 0 spiro atoms. The second-order valence-corrected chi connectivity index (χ2v) is 9.84. The summed E-state index contributed by atoms with van der Waals surface area (Å²) in [6.07, 6.45) is -2.31. The van der Waals surface area contributed by atoms with Crippen molar-refractivity contribution < 1.29 is 31.3 Å². The zero-order valence-corrected chi connectivity index (χ0v) is 19.0. The van der Waals surface area contributed by atoms with E-state index in [2.05, 4.69) is 0 Å². The van der Waals surface area contributed by atoms with Gasteiger partial charge in [-0.25, -0.2) is 4.79 Å². The fourth-order valence-electron chi connectivity index (χ4n) is 1.62. The number of alkyl halides is 2. The Morgan fingerprint density at radius 3 is 2.22 bits per heavy atom. The quantitative estimate of drug-likeness (QED) is 0.218. The van der Waals surface area contributed by atoms with Crippen molar-refractivity contribution in [3.8, 4) is 0 Å². The second kappa shape index (κ2) is 7.90. The molecular weight excluding hydrogens is 675 g/mol. The first kappa shape index (κ1) is 21.7. The monoisotopic (exact) mass is 686 g/mol. The van der Waals surface area contributed by atoms with Gasteiger partial charge in [-0.3, -0.25) is 4.55 Å². The number of esters is 1. The number of hydrogen-bond acceptors (Lipinski definition) is 4. The van der Waals surface area contributed by atoms with Crippen molar-refractivity contribution in [2.75, 3.05) is 0 Å². The molecule has 1 aromatic carbocycles. The van der Waals surface area contributed by atoms with E-state index in [9.17, 15) is 22.0 Å². The minimum atomic E-state index is -5.72. The molecule has 0 radical (unpaired) electrons. The molecule has 0 saturated carbocycles. The molecule has 1 rings (SSSR count). The van der Waals surface area contributed by atoms with Gasteiger partial charge in [0.1, 0.15) is 0 Å². The summed E-state index contributed by atoms with van der Waals surface area (Å²) in [6, 6.07) is 3.24. The first-order chi connectivity index (χ1) is 10.3. The Hall–Kier alpha value is 0.650. The average molecular weight is 686 g/mol. The second-order valence-electron chi connectivity index (χ2n) is 4.86. The van der Waals surface area contributed by atoms with E-state index in [1.807, 2.05) is 67.8 Å². The highest BCUT2D eigenvalue weighted by molar-refractivity contribution is 14.1. The first-order valence-electron chi connectivity index (χ1n) is 5.99. The third kappa shape index (κ3) is 5.07. The lowest BCUT2D eigenvalue weighted by atomic mass is 10.1. The maximum atomic E-state index is 13.9. The first-order valence-corrected chi connectivity index (χ1v) is 10.7. The molecule has 1 N–H and O–H groups in total. The standard InChI is InChI=1S/C12H11F2I3O5S/c1-5(2)10(12(13,14)23(19,20)21)22-11(18)7-3-6(15)4-8(16)9(7)17/h3-5,10H,1-2H3,(H,19,20,21). The van der Waals surface area contributed by atoms with Gasteiger partial charge in [0.05, 0.1) is 5.56 Å². The predicted molar refractivity (Wildman–Crippen MR) is 105 cm³/mol. The fourth-order valence-corrected chi connectivity index (χ4v) is 4.61. The molecule has 1 unspecified atom stereocenters. The van der Waals surface area contributed by atoms with Gasteiger partial charge in [0, 0.05) is 10.7 Å². The Labute approximate surface area is 173 Å². The van der Waals surface area contributed by atoms with Crippen LogP contribution in [0, 0.1) is 16.6 Å². The van der Waals surface area contributed by atoms with E-state index < -0.39 is 33.4 Å². The summed E-state index contributed by atoms with van der Waals surface area (Å²) in [4.78, 5) is 12.2. The Bertz CT molecular complexity index is 722. The predicted octanol–water partition coefficient (Wildman–Crippen LogP) is 4.16. The van der Waals surface area contributed by atoms with Gasteiger partial charge in [0.2, 0.25) is 0 Å². The zero-order chi connectivity index (χ0) is 18.2. The van der Waals surface area contributed by atoms with Crippen LogP contribution in [0.15, 0.2) is 12.1 Å². The van der Waals surface area contributed by atoms with E-state index in [-0.39, 0.29) is 5.56 Å². The van der Waals surface area contributed by atoms with E-state index >= 15 is 0 Å². The Kier molecular flexibility index (Phi) is 7.45. The number of benzene rings is 1. The lowest BCUT2D eigenvalue weighted by Gasteiger charge is -2.27. The van der Waals surface area contributed by atoms with Crippen molar-refractivity contribution in [1.29, 1.82) is 0 Å². The van der Waals surface area contributed by atoms with Crippen LogP contribution in [0.25, 0.3) is 0 Å². The smallest absolute Gasteiger partial charge is 0.405 e. The molecule has 0 saturated heterocycles. The minimum absolute atomic E-state index is 0.0543. The molecule has 1 atom stereocenters.